The fraction of sp³-hybridized carbons (Fsp3) is 0.227. The number of hydrogen-bond donors (Lipinski definition) is 1. The minimum atomic E-state index is -0.269. The lowest BCUT2D eigenvalue weighted by molar-refractivity contribution is -0.121. The number of benzene rings is 2. The van der Waals surface area contributed by atoms with Crippen LogP contribution in [0, 0.1) is 13.8 Å². The number of nitrogens with zero attached hydrogens (tertiary/aromatic N) is 3. The Bertz CT molecular complexity index is 1110. The third-order valence-corrected chi connectivity index (χ3v) is 4.97. The molecule has 0 unspecified atom stereocenters. The maximum Gasteiger partial charge on any atom is 0.261 e. The van der Waals surface area contributed by atoms with Crippen LogP contribution in [0.25, 0.3) is 0 Å². The molecular weight excluding hydrogens is 439 g/mol. The van der Waals surface area contributed by atoms with Gasteiger partial charge in [-0.2, -0.15) is 10.2 Å². The molecule has 2 aromatic carbocycles. The topological polar surface area (TPSA) is 77.7 Å². The van der Waals surface area contributed by atoms with E-state index in [1.54, 1.807) is 42.1 Å². The van der Waals surface area contributed by atoms with Gasteiger partial charge < -0.3 is 9.47 Å². The molecule has 0 bridgehead atoms. The van der Waals surface area contributed by atoms with Crippen LogP contribution in [-0.2, 0) is 17.9 Å². The predicted molar refractivity (Wildman–Crippen MR) is 121 cm³/mol. The van der Waals surface area contributed by atoms with Gasteiger partial charge in [0.25, 0.3) is 5.91 Å². The third kappa shape index (κ3) is 6.23. The van der Waals surface area contributed by atoms with Gasteiger partial charge in [0.1, 0.15) is 13.2 Å². The average molecular weight is 461 g/mol. The maximum atomic E-state index is 12.1. The molecule has 0 aliphatic carbocycles. The first-order valence-corrected chi connectivity index (χ1v) is 10.2. The number of carbonyl (C=O) groups excluding carboxylic acids is 1. The van der Waals surface area contributed by atoms with E-state index < -0.39 is 0 Å². The number of ether oxygens (including phenoxy) is 2. The summed E-state index contributed by atoms with van der Waals surface area (Å²) < 4.78 is 12.9. The molecule has 31 heavy (non-hydrogen) atoms. The summed E-state index contributed by atoms with van der Waals surface area (Å²) in [5.41, 5.74) is 5.82. The van der Waals surface area contributed by atoms with Gasteiger partial charge in [-0.1, -0.05) is 29.3 Å². The van der Waals surface area contributed by atoms with E-state index in [0.717, 1.165) is 22.5 Å². The largest absolute Gasteiger partial charge is 0.493 e. The molecular formula is C22H22Cl2N4O3. The van der Waals surface area contributed by atoms with Crippen LogP contribution in [0.3, 0.4) is 0 Å². The van der Waals surface area contributed by atoms with Crippen molar-refractivity contribution in [3.8, 4) is 11.5 Å². The van der Waals surface area contributed by atoms with Gasteiger partial charge in [-0.05, 0) is 55.8 Å². The number of hydrogen-bond acceptors (Lipinski definition) is 5. The Labute approximate surface area is 190 Å². The van der Waals surface area contributed by atoms with Crippen molar-refractivity contribution in [3.63, 3.8) is 0 Å². The maximum absolute atomic E-state index is 12.1. The Balaban J connectivity index is 1.59. The van der Waals surface area contributed by atoms with Gasteiger partial charge in [-0.3, -0.25) is 9.48 Å². The van der Waals surface area contributed by atoms with Gasteiger partial charge >= 0.3 is 0 Å². The molecule has 0 saturated heterocycles. The lowest BCUT2D eigenvalue weighted by Crippen LogP contribution is -2.24. The molecule has 1 amide bonds. The minimum Gasteiger partial charge on any atom is -0.493 e. The van der Waals surface area contributed by atoms with E-state index in [0.29, 0.717) is 21.5 Å². The zero-order chi connectivity index (χ0) is 22.4. The average Bonchev–Trinajstić information content (AvgIpc) is 3.04. The Morgan fingerprint density at radius 1 is 1.16 bits per heavy atom. The Hall–Kier alpha value is -3.03. The fourth-order valence-corrected chi connectivity index (χ4v) is 3.33. The highest BCUT2D eigenvalue weighted by Gasteiger charge is 2.09. The molecule has 1 heterocycles. The zero-order valence-electron chi connectivity index (χ0n) is 17.4. The molecule has 0 fully saturated rings. The molecule has 7 nitrogen and oxygen atoms in total. The van der Waals surface area contributed by atoms with Gasteiger partial charge in [0.15, 0.2) is 11.5 Å². The number of aryl methyl sites for hydroxylation is 2. The van der Waals surface area contributed by atoms with Gasteiger partial charge in [-0.25, -0.2) is 5.43 Å². The summed E-state index contributed by atoms with van der Waals surface area (Å²) in [7, 11) is 1.55. The minimum absolute atomic E-state index is 0.0976. The Kier molecular flexibility index (Phi) is 7.55. The lowest BCUT2D eigenvalue weighted by atomic mass is 10.2. The molecule has 0 radical (unpaired) electrons. The van der Waals surface area contributed by atoms with E-state index in [9.17, 15) is 4.79 Å². The molecule has 1 N–H and O–H groups in total. The zero-order valence-corrected chi connectivity index (χ0v) is 18.9. The third-order valence-electron chi connectivity index (χ3n) is 4.39. The van der Waals surface area contributed by atoms with Crippen LogP contribution in [-0.4, -0.2) is 29.0 Å². The number of hydrazone groups is 1. The second-order valence-corrected chi connectivity index (χ2v) is 7.66. The van der Waals surface area contributed by atoms with Gasteiger partial charge in [0.05, 0.1) is 19.0 Å². The quantitative estimate of drug-likeness (QED) is 0.395. The van der Waals surface area contributed by atoms with Crippen molar-refractivity contribution in [2.45, 2.75) is 27.0 Å². The molecule has 0 aliphatic heterocycles. The van der Waals surface area contributed by atoms with Crippen LogP contribution in [0.4, 0.5) is 0 Å². The van der Waals surface area contributed by atoms with Gasteiger partial charge in [0.2, 0.25) is 0 Å². The number of carbonyl (C=O) groups is 1. The van der Waals surface area contributed by atoms with Crippen LogP contribution in [0.1, 0.15) is 22.5 Å². The van der Waals surface area contributed by atoms with Crippen molar-refractivity contribution >= 4 is 35.3 Å². The molecule has 0 aliphatic rings. The summed E-state index contributed by atoms with van der Waals surface area (Å²) in [6, 6.07) is 12.5. The van der Waals surface area contributed by atoms with Crippen molar-refractivity contribution in [3.05, 3.63) is 75.0 Å². The molecule has 3 aromatic rings. The molecule has 3 rings (SSSR count). The van der Waals surface area contributed by atoms with E-state index in [1.807, 2.05) is 26.0 Å². The standard InChI is InChI=1S/C22H22Cl2N4O3/c1-14-8-15(2)28(27-14)12-22(29)26-25-11-16-4-7-20(21(9-16)30-3)31-13-17-5-6-18(23)10-19(17)24/h4-11H,12-13H2,1-3H3,(H,26,29)/b25-11+. The number of rotatable bonds is 8. The number of halogens is 2. The number of aromatic nitrogens is 2. The van der Waals surface area contributed by atoms with E-state index in [-0.39, 0.29) is 19.1 Å². The first-order valence-electron chi connectivity index (χ1n) is 9.43. The normalized spacial score (nSPS) is 11.0. The van der Waals surface area contributed by atoms with Crippen LogP contribution in [0.15, 0.2) is 47.6 Å². The summed E-state index contributed by atoms with van der Waals surface area (Å²) in [5, 5.41) is 9.36. The predicted octanol–water partition coefficient (Wildman–Crippen LogP) is 4.54. The van der Waals surface area contributed by atoms with E-state index in [1.165, 1.54) is 6.21 Å². The van der Waals surface area contributed by atoms with Crippen LogP contribution in [0.5, 0.6) is 11.5 Å². The van der Waals surface area contributed by atoms with Crippen molar-refractivity contribution in [1.82, 2.24) is 15.2 Å². The second kappa shape index (κ2) is 10.3. The van der Waals surface area contributed by atoms with Crippen molar-refractivity contribution < 1.29 is 14.3 Å². The van der Waals surface area contributed by atoms with Crippen molar-refractivity contribution in [2.24, 2.45) is 5.10 Å². The van der Waals surface area contributed by atoms with Gasteiger partial charge in [0, 0.05) is 21.3 Å². The monoisotopic (exact) mass is 460 g/mol. The summed E-state index contributed by atoms with van der Waals surface area (Å²) in [6.07, 6.45) is 1.53. The Morgan fingerprint density at radius 3 is 2.65 bits per heavy atom. The summed E-state index contributed by atoms with van der Waals surface area (Å²) >= 11 is 12.1. The molecule has 162 valence electrons. The smallest absolute Gasteiger partial charge is 0.261 e. The summed E-state index contributed by atoms with van der Waals surface area (Å²) in [4.78, 5) is 12.1. The highest BCUT2D eigenvalue weighted by molar-refractivity contribution is 6.35. The lowest BCUT2D eigenvalue weighted by Gasteiger charge is -2.12. The molecule has 0 spiro atoms. The highest BCUT2D eigenvalue weighted by Crippen LogP contribution is 2.29. The Morgan fingerprint density at radius 2 is 1.97 bits per heavy atom. The van der Waals surface area contributed by atoms with Crippen LogP contribution in [0.2, 0.25) is 10.0 Å². The molecule has 0 atom stereocenters. The number of amides is 1. The summed E-state index contributed by atoms with van der Waals surface area (Å²) in [6.45, 7) is 4.14. The summed E-state index contributed by atoms with van der Waals surface area (Å²) in [5.74, 6) is 0.816. The first-order chi connectivity index (χ1) is 14.9. The number of nitrogens with one attached hydrogen (secondary N) is 1. The van der Waals surface area contributed by atoms with E-state index in [4.69, 9.17) is 32.7 Å². The molecule has 1 aromatic heterocycles. The van der Waals surface area contributed by atoms with Crippen LogP contribution < -0.4 is 14.9 Å². The van der Waals surface area contributed by atoms with Crippen molar-refractivity contribution in [1.29, 1.82) is 0 Å². The van der Waals surface area contributed by atoms with Crippen molar-refractivity contribution in [2.75, 3.05) is 7.11 Å². The second-order valence-electron chi connectivity index (χ2n) is 6.81. The fourth-order valence-electron chi connectivity index (χ4n) is 2.86. The van der Waals surface area contributed by atoms with Gasteiger partial charge in [-0.15, -0.1) is 0 Å². The number of methoxy groups -OCH3 is 1. The molecule has 9 heteroatoms. The van der Waals surface area contributed by atoms with E-state index >= 15 is 0 Å². The SMILES string of the molecule is COc1cc(/C=N/NC(=O)Cn2nc(C)cc2C)ccc1OCc1ccc(Cl)cc1Cl. The van der Waals surface area contributed by atoms with Crippen LogP contribution >= 0.6 is 23.2 Å². The first kappa shape index (κ1) is 22.7. The highest BCUT2D eigenvalue weighted by atomic mass is 35.5. The molecule has 0 saturated carbocycles. The van der Waals surface area contributed by atoms with E-state index in [2.05, 4.69) is 15.6 Å².